The summed E-state index contributed by atoms with van der Waals surface area (Å²) in [7, 11) is 0. The lowest BCUT2D eigenvalue weighted by molar-refractivity contribution is 0.102. The van der Waals surface area contributed by atoms with Crippen molar-refractivity contribution < 1.29 is 9.21 Å². The lowest BCUT2D eigenvalue weighted by atomic mass is 10.0. The van der Waals surface area contributed by atoms with Gasteiger partial charge in [0.15, 0.2) is 5.58 Å². The van der Waals surface area contributed by atoms with Crippen molar-refractivity contribution in [2.45, 2.75) is 0 Å². The van der Waals surface area contributed by atoms with E-state index < -0.39 is 0 Å². The molecule has 6 aromatic rings. The zero-order valence-corrected chi connectivity index (χ0v) is 20.1. The zero-order chi connectivity index (χ0) is 23.8. The number of halogens is 1. The third-order valence-electron chi connectivity index (χ3n) is 6.00. The maximum atomic E-state index is 12.8. The normalized spacial score (nSPS) is 11.1. The van der Waals surface area contributed by atoms with Crippen molar-refractivity contribution in [2.75, 3.05) is 5.32 Å². The molecular formula is C30H19BrN2O2. The van der Waals surface area contributed by atoms with Gasteiger partial charge in [-0.2, -0.15) is 0 Å². The van der Waals surface area contributed by atoms with Crippen molar-refractivity contribution in [1.29, 1.82) is 0 Å². The number of fused-ring (bicyclic) bond motifs is 2. The van der Waals surface area contributed by atoms with Crippen LogP contribution in [0.15, 0.2) is 118 Å². The minimum absolute atomic E-state index is 0.174. The first-order valence-electron chi connectivity index (χ1n) is 11.2. The van der Waals surface area contributed by atoms with Crippen LogP contribution < -0.4 is 5.32 Å². The molecule has 5 aromatic carbocycles. The van der Waals surface area contributed by atoms with Crippen molar-refractivity contribution in [2.24, 2.45) is 0 Å². The molecule has 0 saturated carbocycles. The molecule has 1 N–H and O–H groups in total. The lowest BCUT2D eigenvalue weighted by Gasteiger charge is -2.06. The third kappa shape index (κ3) is 4.11. The van der Waals surface area contributed by atoms with Crippen molar-refractivity contribution in [3.8, 4) is 22.6 Å². The van der Waals surface area contributed by atoms with Gasteiger partial charge in [-0.05, 0) is 64.4 Å². The lowest BCUT2D eigenvalue weighted by Crippen LogP contribution is -2.11. The number of anilines is 1. The van der Waals surface area contributed by atoms with E-state index in [1.165, 1.54) is 0 Å². The van der Waals surface area contributed by atoms with Crippen molar-refractivity contribution in [3.05, 3.63) is 119 Å². The Hall–Kier alpha value is -4.22. The van der Waals surface area contributed by atoms with Crippen LogP contribution in [0.25, 0.3) is 44.5 Å². The van der Waals surface area contributed by atoms with Gasteiger partial charge < -0.3 is 9.73 Å². The number of benzene rings is 5. The van der Waals surface area contributed by atoms with Gasteiger partial charge in [0.05, 0.1) is 0 Å². The SMILES string of the molecule is O=C(Nc1ccc2oc(-c3cccc4c(Br)cccc34)nc2c1)c1ccc(-c2ccccc2)cc1. The van der Waals surface area contributed by atoms with E-state index in [4.69, 9.17) is 9.40 Å². The monoisotopic (exact) mass is 518 g/mol. The second kappa shape index (κ2) is 8.85. The van der Waals surface area contributed by atoms with Crippen LogP contribution in [0.3, 0.4) is 0 Å². The largest absolute Gasteiger partial charge is 0.436 e. The minimum atomic E-state index is -0.174. The molecule has 35 heavy (non-hydrogen) atoms. The predicted octanol–water partition coefficient (Wildman–Crippen LogP) is 8.33. The molecule has 0 spiro atoms. The Kier molecular flexibility index (Phi) is 5.39. The highest BCUT2D eigenvalue weighted by atomic mass is 79.9. The van der Waals surface area contributed by atoms with Gasteiger partial charge in [-0.25, -0.2) is 4.98 Å². The number of nitrogens with one attached hydrogen (secondary N) is 1. The first-order chi connectivity index (χ1) is 17.2. The molecule has 4 nitrogen and oxygen atoms in total. The van der Waals surface area contributed by atoms with Crippen LogP contribution in [0.4, 0.5) is 5.69 Å². The van der Waals surface area contributed by atoms with E-state index in [0.29, 0.717) is 28.2 Å². The predicted molar refractivity (Wildman–Crippen MR) is 144 cm³/mol. The average Bonchev–Trinajstić information content (AvgIpc) is 3.32. The highest BCUT2D eigenvalue weighted by Crippen LogP contribution is 2.34. The number of oxazole rings is 1. The molecule has 1 amide bonds. The van der Waals surface area contributed by atoms with Crippen LogP contribution in [-0.4, -0.2) is 10.9 Å². The standard InChI is InChI=1S/C30H19BrN2O2/c31-26-11-5-8-23-24(26)9-4-10-25(23)30-33-27-18-22(16-17-28(27)35-30)32-29(34)21-14-12-20(13-15-21)19-6-2-1-3-7-19/h1-18H,(H,32,34). The fraction of sp³-hybridized carbons (Fsp3) is 0. The number of hydrogen-bond acceptors (Lipinski definition) is 3. The van der Waals surface area contributed by atoms with Crippen molar-refractivity contribution in [3.63, 3.8) is 0 Å². The van der Waals surface area contributed by atoms with Crippen LogP contribution >= 0.6 is 15.9 Å². The van der Waals surface area contributed by atoms with Crippen molar-refractivity contribution >= 4 is 49.4 Å². The average molecular weight is 519 g/mol. The van der Waals surface area contributed by atoms with Crippen LogP contribution in [0.1, 0.15) is 10.4 Å². The van der Waals surface area contributed by atoms with E-state index in [1.54, 1.807) is 0 Å². The molecule has 0 aliphatic heterocycles. The molecule has 0 fully saturated rings. The zero-order valence-electron chi connectivity index (χ0n) is 18.5. The molecule has 6 rings (SSSR count). The van der Waals surface area contributed by atoms with Crippen LogP contribution in [-0.2, 0) is 0 Å². The number of aromatic nitrogens is 1. The number of rotatable bonds is 4. The summed E-state index contributed by atoms with van der Waals surface area (Å²) in [6.07, 6.45) is 0. The Morgan fingerprint density at radius 3 is 2.31 bits per heavy atom. The van der Waals surface area contributed by atoms with E-state index in [-0.39, 0.29) is 5.91 Å². The van der Waals surface area contributed by atoms with Gasteiger partial charge in [0, 0.05) is 21.3 Å². The fourth-order valence-electron chi connectivity index (χ4n) is 4.23. The molecule has 1 heterocycles. The summed E-state index contributed by atoms with van der Waals surface area (Å²) in [6.45, 7) is 0. The van der Waals surface area contributed by atoms with Gasteiger partial charge in [0.1, 0.15) is 5.52 Å². The number of amides is 1. The Morgan fingerprint density at radius 2 is 1.49 bits per heavy atom. The highest BCUT2D eigenvalue weighted by Gasteiger charge is 2.14. The summed E-state index contributed by atoms with van der Waals surface area (Å²) >= 11 is 3.61. The molecule has 0 aliphatic carbocycles. The van der Waals surface area contributed by atoms with Gasteiger partial charge in [-0.3, -0.25) is 4.79 Å². The van der Waals surface area contributed by atoms with Gasteiger partial charge in [0.25, 0.3) is 5.91 Å². The van der Waals surface area contributed by atoms with Gasteiger partial charge in [-0.1, -0.05) is 82.7 Å². The Labute approximate surface area is 210 Å². The second-order valence-corrected chi connectivity index (χ2v) is 9.09. The summed E-state index contributed by atoms with van der Waals surface area (Å²) in [5.41, 5.74) is 5.71. The Bertz CT molecular complexity index is 1690. The summed E-state index contributed by atoms with van der Waals surface area (Å²) in [4.78, 5) is 17.6. The minimum Gasteiger partial charge on any atom is -0.436 e. The Morgan fingerprint density at radius 1 is 0.743 bits per heavy atom. The Balaban J connectivity index is 1.26. The summed E-state index contributed by atoms with van der Waals surface area (Å²) in [5.74, 6) is 0.371. The first-order valence-corrected chi connectivity index (χ1v) is 12.0. The van der Waals surface area contributed by atoms with Gasteiger partial charge in [0.2, 0.25) is 5.89 Å². The molecule has 5 heteroatoms. The molecule has 0 unspecified atom stereocenters. The highest BCUT2D eigenvalue weighted by molar-refractivity contribution is 9.10. The molecule has 1 aromatic heterocycles. The van der Waals surface area contributed by atoms with E-state index in [0.717, 1.165) is 31.9 Å². The van der Waals surface area contributed by atoms with E-state index in [1.807, 2.05) is 97.1 Å². The number of nitrogens with zero attached hydrogens (tertiary/aromatic N) is 1. The molecule has 0 atom stereocenters. The summed E-state index contributed by atoms with van der Waals surface area (Å²) in [6, 6.07) is 35.3. The van der Waals surface area contributed by atoms with Gasteiger partial charge in [-0.15, -0.1) is 0 Å². The van der Waals surface area contributed by atoms with Crippen molar-refractivity contribution in [1.82, 2.24) is 4.98 Å². The third-order valence-corrected chi connectivity index (χ3v) is 6.69. The van der Waals surface area contributed by atoms with Crippen LogP contribution in [0, 0.1) is 0 Å². The summed E-state index contributed by atoms with van der Waals surface area (Å²) in [5, 5.41) is 5.12. The summed E-state index contributed by atoms with van der Waals surface area (Å²) < 4.78 is 7.09. The van der Waals surface area contributed by atoms with E-state index in [2.05, 4.69) is 33.4 Å². The smallest absolute Gasteiger partial charge is 0.255 e. The van der Waals surface area contributed by atoms with Crippen LogP contribution in [0.5, 0.6) is 0 Å². The molecule has 0 saturated heterocycles. The maximum Gasteiger partial charge on any atom is 0.255 e. The topological polar surface area (TPSA) is 55.1 Å². The molecule has 0 bridgehead atoms. The number of hydrogen-bond donors (Lipinski definition) is 1. The molecular weight excluding hydrogens is 500 g/mol. The molecule has 168 valence electrons. The quantitative estimate of drug-likeness (QED) is 0.255. The van der Waals surface area contributed by atoms with Gasteiger partial charge >= 0.3 is 0 Å². The fourth-order valence-corrected chi connectivity index (χ4v) is 4.72. The van der Waals surface area contributed by atoms with E-state index >= 15 is 0 Å². The number of carbonyl (C=O) groups excluding carboxylic acids is 1. The molecule has 0 radical (unpaired) electrons. The maximum absolute atomic E-state index is 12.8. The second-order valence-electron chi connectivity index (χ2n) is 8.24. The molecule has 0 aliphatic rings. The number of carbonyl (C=O) groups is 1. The van der Waals surface area contributed by atoms with Crippen LogP contribution in [0.2, 0.25) is 0 Å². The first kappa shape index (κ1) is 21.3. The van der Waals surface area contributed by atoms with E-state index in [9.17, 15) is 4.79 Å².